The van der Waals surface area contributed by atoms with E-state index in [1.165, 1.54) is 17.7 Å². The van der Waals surface area contributed by atoms with Gasteiger partial charge in [0.15, 0.2) is 10.2 Å². The highest BCUT2D eigenvalue weighted by Gasteiger charge is 2.27. The number of piperidine rings is 1. The molecule has 1 N–H and O–H groups in total. The van der Waals surface area contributed by atoms with Crippen LogP contribution >= 0.6 is 23.1 Å². The van der Waals surface area contributed by atoms with Crippen LogP contribution in [0.1, 0.15) is 19.8 Å². The predicted octanol–water partition coefficient (Wildman–Crippen LogP) is 2.48. The van der Waals surface area contributed by atoms with Crippen LogP contribution in [0.4, 0.5) is 10.9 Å². The highest BCUT2D eigenvalue weighted by molar-refractivity contribution is 8.01. The van der Waals surface area contributed by atoms with E-state index in [1.54, 1.807) is 22.6 Å². The molecule has 4 rings (SSSR count). The molecule has 9 nitrogen and oxygen atoms in total. The fourth-order valence-corrected chi connectivity index (χ4v) is 4.74. The Balaban J connectivity index is 1.42. The van der Waals surface area contributed by atoms with Gasteiger partial charge in [-0.3, -0.25) is 4.79 Å². The number of carbonyl (C=O) groups excluding carboxylic acids is 1. The van der Waals surface area contributed by atoms with Gasteiger partial charge in [0.1, 0.15) is 12.1 Å². The first-order chi connectivity index (χ1) is 13.7. The molecule has 3 aromatic heterocycles. The average molecular weight is 417 g/mol. The molecule has 1 amide bonds. The Morgan fingerprint density at radius 1 is 1.36 bits per heavy atom. The van der Waals surface area contributed by atoms with Gasteiger partial charge >= 0.3 is 0 Å². The van der Waals surface area contributed by atoms with E-state index in [0.717, 1.165) is 35.3 Å². The van der Waals surface area contributed by atoms with Crippen LogP contribution in [0.3, 0.4) is 0 Å². The first kappa shape index (κ1) is 18.8. The number of amides is 1. The molecule has 0 radical (unpaired) electrons. The van der Waals surface area contributed by atoms with Crippen LogP contribution in [0.15, 0.2) is 35.2 Å². The lowest BCUT2D eigenvalue weighted by Crippen LogP contribution is -2.41. The zero-order chi connectivity index (χ0) is 19.3. The molecule has 28 heavy (non-hydrogen) atoms. The molecule has 0 aliphatic carbocycles. The average Bonchev–Trinajstić information content (AvgIpc) is 3.41. The van der Waals surface area contributed by atoms with E-state index in [-0.39, 0.29) is 11.8 Å². The Morgan fingerprint density at radius 3 is 3.07 bits per heavy atom. The van der Waals surface area contributed by atoms with Crippen LogP contribution in [0.2, 0.25) is 0 Å². The smallest absolute Gasteiger partial charge is 0.231 e. The second-order valence-corrected chi connectivity index (χ2v) is 8.75. The maximum Gasteiger partial charge on any atom is 0.231 e. The van der Waals surface area contributed by atoms with E-state index in [9.17, 15) is 4.79 Å². The summed E-state index contributed by atoms with van der Waals surface area (Å²) in [7, 11) is 0. The summed E-state index contributed by atoms with van der Waals surface area (Å²) in [5.41, 5.74) is 0. The Morgan fingerprint density at radius 2 is 2.25 bits per heavy atom. The molecule has 1 aliphatic rings. The summed E-state index contributed by atoms with van der Waals surface area (Å²) in [4.78, 5) is 23.5. The largest absolute Gasteiger partial charge is 0.356 e. The van der Waals surface area contributed by atoms with E-state index in [2.05, 4.69) is 42.4 Å². The third kappa shape index (κ3) is 4.30. The van der Waals surface area contributed by atoms with Gasteiger partial charge in [-0.05, 0) is 24.7 Å². The maximum atomic E-state index is 12.7. The maximum absolute atomic E-state index is 12.7. The lowest BCUT2D eigenvalue weighted by atomic mass is 9.97. The van der Waals surface area contributed by atoms with Gasteiger partial charge in [0.25, 0.3) is 0 Å². The molecule has 0 spiro atoms. The SMILES string of the molecule is CCSc1nnc(NC(=O)C2CCCN(c3cc(-n4cccn4)ncn3)C2)s1. The Kier molecular flexibility index (Phi) is 5.81. The molecule has 1 saturated heterocycles. The molecular weight excluding hydrogens is 396 g/mol. The number of aromatic nitrogens is 6. The van der Waals surface area contributed by atoms with Crippen LogP contribution in [-0.4, -0.2) is 54.7 Å². The number of thioether (sulfide) groups is 1. The lowest BCUT2D eigenvalue weighted by molar-refractivity contribution is -0.120. The zero-order valence-electron chi connectivity index (χ0n) is 15.4. The van der Waals surface area contributed by atoms with Crippen molar-refractivity contribution in [3.05, 3.63) is 30.9 Å². The van der Waals surface area contributed by atoms with E-state index >= 15 is 0 Å². The lowest BCUT2D eigenvalue weighted by Gasteiger charge is -2.32. The van der Waals surface area contributed by atoms with Crippen molar-refractivity contribution < 1.29 is 4.79 Å². The van der Waals surface area contributed by atoms with Gasteiger partial charge in [-0.2, -0.15) is 5.10 Å². The molecule has 1 unspecified atom stereocenters. The second kappa shape index (κ2) is 8.65. The van der Waals surface area contributed by atoms with E-state index < -0.39 is 0 Å². The van der Waals surface area contributed by atoms with Crippen molar-refractivity contribution in [2.24, 2.45) is 5.92 Å². The third-order valence-electron chi connectivity index (χ3n) is 4.40. The van der Waals surface area contributed by atoms with Crippen LogP contribution in [-0.2, 0) is 4.79 Å². The molecule has 4 heterocycles. The first-order valence-corrected chi connectivity index (χ1v) is 10.9. The number of hydrogen-bond acceptors (Lipinski definition) is 9. The Bertz CT molecular complexity index is 929. The minimum Gasteiger partial charge on any atom is -0.356 e. The van der Waals surface area contributed by atoms with Crippen LogP contribution in [0.25, 0.3) is 5.82 Å². The highest BCUT2D eigenvalue weighted by atomic mass is 32.2. The van der Waals surface area contributed by atoms with Crippen molar-refractivity contribution in [1.82, 2.24) is 29.9 Å². The molecule has 0 saturated carbocycles. The number of anilines is 2. The number of rotatable bonds is 6. The van der Waals surface area contributed by atoms with Crippen molar-refractivity contribution in [2.45, 2.75) is 24.1 Å². The van der Waals surface area contributed by atoms with Crippen molar-refractivity contribution in [3.8, 4) is 5.82 Å². The van der Waals surface area contributed by atoms with Crippen molar-refractivity contribution in [3.63, 3.8) is 0 Å². The quantitative estimate of drug-likeness (QED) is 0.483. The van der Waals surface area contributed by atoms with Crippen LogP contribution in [0, 0.1) is 5.92 Å². The molecule has 146 valence electrons. The van der Waals surface area contributed by atoms with E-state index in [0.29, 0.717) is 17.5 Å². The Labute approximate surface area is 170 Å². The number of nitrogens with zero attached hydrogens (tertiary/aromatic N) is 7. The van der Waals surface area contributed by atoms with Gasteiger partial charge in [0, 0.05) is 31.5 Å². The molecule has 0 aromatic carbocycles. The molecule has 1 atom stereocenters. The summed E-state index contributed by atoms with van der Waals surface area (Å²) in [6.07, 6.45) is 6.85. The van der Waals surface area contributed by atoms with Gasteiger partial charge in [0.2, 0.25) is 11.0 Å². The fraction of sp³-hybridized carbons (Fsp3) is 0.412. The molecule has 11 heteroatoms. The number of nitrogens with one attached hydrogen (secondary N) is 1. The molecule has 1 aliphatic heterocycles. The van der Waals surface area contributed by atoms with E-state index in [4.69, 9.17) is 0 Å². The summed E-state index contributed by atoms with van der Waals surface area (Å²) in [6, 6.07) is 3.74. The topological polar surface area (TPSA) is 102 Å². The van der Waals surface area contributed by atoms with Gasteiger partial charge in [0.05, 0.1) is 5.92 Å². The number of hydrogen-bond donors (Lipinski definition) is 1. The van der Waals surface area contributed by atoms with Gasteiger partial charge < -0.3 is 10.2 Å². The molecule has 3 aromatic rings. The monoisotopic (exact) mass is 416 g/mol. The van der Waals surface area contributed by atoms with Crippen molar-refractivity contribution >= 4 is 40.0 Å². The minimum absolute atomic E-state index is 0.0183. The Hall–Kier alpha value is -2.53. The summed E-state index contributed by atoms with van der Waals surface area (Å²) in [5.74, 6) is 2.30. The molecular formula is C17H20N8OS2. The standard InChI is InChI=1S/C17H20N8OS2/c1-2-27-17-23-22-16(28-17)21-15(26)12-5-3-7-24(10-12)13-9-14(19-11-18-13)25-8-4-6-20-25/h4,6,8-9,11-12H,2-3,5,7,10H2,1H3,(H,21,22,26). The zero-order valence-corrected chi connectivity index (χ0v) is 17.0. The summed E-state index contributed by atoms with van der Waals surface area (Å²) < 4.78 is 2.57. The van der Waals surface area contributed by atoms with Crippen molar-refractivity contribution in [1.29, 1.82) is 0 Å². The summed E-state index contributed by atoms with van der Waals surface area (Å²) >= 11 is 3.03. The summed E-state index contributed by atoms with van der Waals surface area (Å²) in [6.45, 7) is 3.53. The minimum atomic E-state index is -0.122. The van der Waals surface area contributed by atoms with Crippen LogP contribution < -0.4 is 10.2 Å². The highest BCUT2D eigenvalue weighted by Crippen LogP contribution is 2.27. The van der Waals surface area contributed by atoms with Crippen LogP contribution in [0.5, 0.6) is 0 Å². The fourth-order valence-electron chi connectivity index (χ4n) is 3.09. The van der Waals surface area contributed by atoms with Gasteiger partial charge in [-0.15, -0.1) is 10.2 Å². The van der Waals surface area contributed by atoms with Gasteiger partial charge in [-0.25, -0.2) is 14.6 Å². The number of carbonyl (C=O) groups is 1. The summed E-state index contributed by atoms with van der Waals surface area (Å²) in [5, 5.41) is 15.8. The second-order valence-electron chi connectivity index (χ2n) is 6.27. The van der Waals surface area contributed by atoms with Crippen molar-refractivity contribution in [2.75, 3.05) is 29.1 Å². The molecule has 1 fully saturated rings. The first-order valence-electron chi connectivity index (χ1n) is 9.07. The molecule has 0 bridgehead atoms. The van der Waals surface area contributed by atoms with Gasteiger partial charge in [-0.1, -0.05) is 30.0 Å². The van der Waals surface area contributed by atoms with E-state index in [1.807, 2.05) is 18.3 Å². The predicted molar refractivity (Wildman–Crippen MR) is 109 cm³/mol. The normalized spacial score (nSPS) is 16.9. The third-order valence-corrected chi connectivity index (χ3v) is 6.25.